The molecule has 2 nitrogen and oxygen atoms in total. The van der Waals surface area contributed by atoms with Crippen LogP contribution in [0.2, 0.25) is 0 Å². The lowest BCUT2D eigenvalue weighted by Gasteiger charge is -2.17. The first-order valence-corrected chi connectivity index (χ1v) is 6.52. The molecule has 0 aliphatic heterocycles. The Balaban J connectivity index is 3.12. The van der Waals surface area contributed by atoms with Crippen LogP contribution in [-0.2, 0) is 9.47 Å². The monoisotopic (exact) mass is 298 g/mol. The van der Waals surface area contributed by atoms with Crippen LogP contribution in [0.15, 0.2) is 0 Å². The maximum absolute atomic E-state index is 13.4. The van der Waals surface area contributed by atoms with Crippen molar-refractivity contribution in [3.05, 3.63) is 29.1 Å². The van der Waals surface area contributed by atoms with Crippen LogP contribution >= 0.6 is 0 Å². The SMILES string of the molecule is CCOC(OCC)[Si]c1c(F)c(F)c(F)c(F)c1F. The van der Waals surface area contributed by atoms with Crippen LogP contribution in [0.25, 0.3) is 0 Å². The molecule has 1 aromatic carbocycles. The zero-order valence-electron chi connectivity index (χ0n) is 10.2. The molecule has 0 atom stereocenters. The van der Waals surface area contributed by atoms with E-state index in [9.17, 15) is 22.0 Å². The van der Waals surface area contributed by atoms with Gasteiger partial charge >= 0.3 is 0 Å². The van der Waals surface area contributed by atoms with Gasteiger partial charge in [0.1, 0.15) is 5.91 Å². The van der Waals surface area contributed by atoms with Crippen LogP contribution in [0.3, 0.4) is 0 Å². The zero-order valence-corrected chi connectivity index (χ0v) is 11.2. The van der Waals surface area contributed by atoms with E-state index in [1.54, 1.807) is 13.8 Å². The Labute approximate surface area is 109 Å². The molecule has 8 heteroatoms. The normalized spacial score (nSPS) is 11.4. The molecule has 106 valence electrons. The quantitative estimate of drug-likeness (QED) is 0.263. The first kappa shape index (κ1) is 16.1. The van der Waals surface area contributed by atoms with E-state index in [1.807, 2.05) is 0 Å². The highest BCUT2D eigenvalue weighted by Gasteiger charge is 2.28. The largest absolute Gasteiger partial charge is 0.357 e. The topological polar surface area (TPSA) is 18.5 Å². The van der Waals surface area contributed by atoms with Crippen LogP contribution < -0.4 is 5.19 Å². The van der Waals surface area contributed by atoms with E-state index in [0.29, 0.717) is 0 Å². The minimum absolute atomic E-state index is 0.188. The molecule has 0 amide bonds. The summed E-state index contributed by atoms with van der Waals surface area (Å²) < 4.78 is 75.7. The number of hydrogen-bond acceptors (Lipinski definition) is 2. The van der Waals surface area contributed by atoms with Crippen LogP contribution in [-0.4, -0.2) is 28.6 Å². The second-order valence-electron chi connectivity index (χ2n) is 3.33. The number of rotatable bonds is 6. The summed E-state index contributed by atoms with van der Waals surface area (Å²) in [5, 5.41) is -0.914. The van der Waals surface area contributed by atoms with Gasteiger partial charge in [-0.3, -0.25) is 0 Å². The third-order valence-electron chi connectivity index (χ3n) is 2.11. The fraction of sp³-hybridized carbons (Fsp3) is 0.455. The summed E-state index contributed by atoms with van der Waals surface area (Å²) in [6.07, 6.45) is 0. The highest BCUT2D eigenvalue weighted by Crippen LogP contribution is 2.16. The molecule has 0 aromatic heterocycles. The van der Waals surface area contributed by atoms with Crippen LogP contribution in [0.4, 0.5) is 22.0 Å². The Morgan fingerprint density at radius 1 is 0.789 bits per heavy atom. The Bertz CT molecular complexity index is 420. The molecule has 0 aliphatic rings. The van der Waals surface area contributed by atoms with Gasteiger partial charge in [0.2, 0.25) is 5.82 Å². The molecular formula is C11H11F5O2Si. The fourth-order valence-corrected chi connectivity index (χ4v) is 2.49. The summed E-state index contributed by atoms with van der Waals surface area (Å²) in [6, 6.07) is 0. The van der Waals surface area contributed by atoms with Gasteiger partial charge in [-0.15, -0.1) is 0 Å². The van der Waals surface area contributed by atoms with Crippen molar-refractivity contribution < 1.29 is 31.4 Å². The number of halogens is 5. The highest BCUT2D eigenvalue weighted by molar-refractivity contribution is 6.54. The molecule has 0 saturated heterocycles. The molecule has 0 spiro atoms. The van der Waals surface area contributed by atoms with Crippen molar-refractivity contribution in [3.63, 3.8) is 0 Å². The number of hydrogen-bond donors (Lipinski definition) is 0. The van der Waals surface area contributed by atoms with E-state index < -0.39 is 49.7 Å². The molecule has 0 bridgehead atoms. The Morgan fingerprint density at radius 3 is 1.53 bits per heavy atom. The second kappa shape index (κ2) is 6.97. The molecule has 0 unspecified atom stereocenters. The molecule has 19 heavy (non-hydrogen) atoms. The van der Waals surface area contributed by atoms with Crippen molar-refractivity contribution in [3.8, 4) is 0 Å². The molecule has 0 heterocycles. The first-order valence-electron chi connectivity index (χ1n) is 5.45. The van der Waals surface area contributed by atoms with Crippen molar-refractivity contribution in [1.29, 1.82) is 0 Å². The van der Waals surface area contributed by atoms with Crippen molar-refractivity contribution in [1.82, 2.24) is 0 Å². The van der Waals surface area contributed by atoms with E-state index in [4.69, 9.17) is 9.47 Å². The second-order valence-corrected chi connectivity index (χ2v) is 4.59. The van der Waals surface area contributed by atoms with E-state index in [-0.39, 0.29) is 13.2 Å². The van der Waals surface area contributed by atoms with E-state index in [2.05, 4.69) is 0 Å². The molecule has 0 fully saturated rings. The van der Waals surface area contributed by atoms with Gasteiger partial charge < -0.3 is 9.47 Å². The van der Waals surface area contributed by atoms with Crippen molar-refractivity contribution in [2.75, 3.05) is 13.2 Å². The van der Waals surface area contributed by atoms with E-state index in [0.717, 1.165) is 0 Å². The van der Waals surface area contributed by atoms with Gasteiger partial charge in [0, 0.05) is 18.4 Å². The fourth-order valence-electron chi connectivity index (χ4n) is 1.28. The maximum atomic E-state index is 13.4. The predicted octanol–water partition coefficient (Wildman–Crippen LogP) is 2.07. The Hall–Kier alpha value is -0.993. The van der Waals surface area contributed by atoms with Crippen LogP contribution in [0.5, 0.6) is 0 Å². The lowest BCUT2D eigenvalue weighted by molar-refractivity contribution is -0.0818. The predicted molar refractivity (Wildman–Crippen MR) is 58.7 cm³/mol. The molecule has 2 radical (unpaired) electrons. The number of ether oxygens (including phenoxy) is 2. The van der Waals surface area contributed by atoms with Crippen molar-refractivity contribution >= 4 is 14.7 Å². The third kappa shape index (κ3) is 3.52. The van der Waals surface area contributed by atoms with Crippen LogP contribution in [0, 0.1) is 29.1 Å². The average Bonchev–Trinajstić information content (AvgIpc) is 2.39. The van der Waals surface area contributed by atoms with Gasteiger partial charge in [-0.05, 0) is 13.8 Å². The third-order valence-corrected chi connectivity index (χ3v) is 3.40. The lowest BCUT2D eigenvalue weighted by atomic mass is 10.3. The average molecular weight is 298 g/mol. The molecular weight excluding hydrogens is 287 g/mol. The first-order chi connectivity index (χ1) is 8.93. The molecule has 0 aliphatic carbocycles. The van der Waals surface area contributed by atoms with Gasteiger partial charge in [0.05, 0.1) is 0 Å². The van der Waals surface area contributed by atoms with E-state index in [1.165, 1.54) is 0 Å². The summed E-state index contributed by atoms with van der Waals surface area (Å²) in [4.78, 5) is 0. The van der Waals surface area contributed by atoms with Gasteiger partial charge in [-0.2, -0.15) is 0 Å². The summed E-state index contributed by atoms with van der Waals surface area (Å²) in [6.45, 7) is 3.62. The number of benzene rings is 1. The summed E-state index contributed by atoms with van der Waals surface area (Å²) in [7, 11) is -0.845. The molecule has 1 aromatic rings. The molecule has 1 rings (SSSR count). The molecule has 0 saturated carbocycles. The highest BCUT2D eigenvalue weighted by atomic mass is 28.2. The standard InChI is InChI=1S/C11H11F5O2Si/c1-3-17-11(18-4-2)19-10-8(15)6(13)5(12)7(14)9(10)16/h11H,3-4H2,1-2H3. The summed E-state index contributed by atoms with van der Waals surface area (Å²) in [5.74, 6) is -10.8. The Morgan fingerprint density at radius 2 is 1.16 bits per heavy atom. The zero-order chi connectivity index (χ0) is 14.6. The Kier molecular flexibility index (Phi) is 5.89. The minimum Gasteiger partial charge on any atom is -0.357 e. The minimum atomic E-state index is -2.17. The van der Waals surface area contributed by atoms with Crippen molar-refractivity contribution in [2.24, 2.45) is 0 Å². The lowest BCUT2D eigenvalue weighted by Crippen LogP contribution is -2.38. The summed E-state index contributed by atoms with van der Waals surface area (Å²) >= 11 is 0. The maximum Gasteiger partial charge on any atom is 0.200 e. The smallest absolute Gasteiger partial charge is 0.200 e. The summed E-state index contributed by atoms with van der Waals surface area (Å²) in [5.41, 5.74) is 0. The molecule has 0 N–H and O–H groups in total. The van der Waals surface area contributed by atoms with Gasteiger partial charge in [-0.1, -0.05) is 0 Å². The van der Waals surface area contributed by atoms with Gasteiger partial charge in [0.15, 0.2) is 32.8 Å². The van der Waals surface area contributed by atoms with Gasteiger partial charge in [-0.25, -0.2) is 22.0 Å². The van der Waals surface area contributed by atoms with Gasteiger partial charge in [0.25, 0.3) is 0 Å². The van der Waals surface area contributed by atoms with Crippen molar-refractivity contribution in [2.45, 2.75) is 19.8 Å². The van der Waals surface area contributed by atoms with E-state index >= 15 is 0 Å². The van der Waals surface area contributed by atoms with Crippen LogP contribution in [0.1, 0.15) is 13.8 Å².